The van der Waals surface area contributed by atoms with Gasteiger partial charge in [0.25, 0.3) is 0 Å². The van der Waals surface area contributed by atoms with E-state index in [0.29, 0.717) is 23.2 Å². The number of hydrogen-bond donors (Lipinski definition) is 2. The van der Waals surface area contributed by atoms with Crippen molar-refractivity contribution in [3.05, 3.63) is 11.6 Å². The minimum atomic E-state index is -0.682. The minimum absolute atomic E-state index is 0.188. The monoisotopic (exact) mass is 430 g/mol. The number of aliphatic hydroxyl groups is 2. The second-order valence-corrected chi connectivity index (χ2v) is 13.1. The molecule has 0 aromatic carbocycles. The molecule has 3 fully saturated rings. The highest BCUT2D eigenvalue weighted by Crippen LogP contribution is 2.69. The molecule has 9 atom stereocenters. The Morgan fingerprint density at radius 3 is 2.42 bits per heavy atom. The molecule has 4 aliphatic carbocycles. The van der Waals surface area contributed by atoms with Crippen molar-refractivity contribution in [2.24, 2.45) is 46.3 Å². The molecular weight excluding hydrogens is 380 g/mol. The molecule has 0 bridgehead atoms. The fraction of sp³-hybridized carbons (Fsp3) is 0.931. The van der Waals surface area contributed by atoms with Crippen LogP contribution in [0.25, 0.3) is 0 Å². The molecule has 0 aliphatic heterocycles. The molecule has 2 nitrogen and oxygen atoms in total. The van der Waals surface area contributed by atoms with Gasteiger partial charge >= 0.3 is 0 Å². The summed E-state index contributed by atoms with van der Waals surface area (Å²) in [6.45, 7) is 14.5. The van der Waals surface area contributed by atoms with Gasteiger partial charge in [-0.2, -0.15) is 0 Å². The SMILES string of the molecule is CCC1(O)C=C2CC(O)CC[C@]2(C)[C@H]2CC[C@]3(C)[C@@H]([C@H](C)CCCC(C)C)CC[C@H]3[C@@H]21. The predicted octanol–water partition coefficient (Wildman–Crippen LogP) is 7.14. The number of rotatable bonds is 6. The highest BCUT2D eigenvalue weighted by molar-refractivity contribution is 5.31. The van der Waals surface area contributed by atoms with E-state index in [1.165, 1.54) is 50.5 Å². The first-order chi connectivity index (χ1) is 14.5. The van der Waals surface area contributed by atoms with Gasteiger partial charge in [-0.05, 0) is 97.7 Å². The first-order valence-corrected chi connectivity index (χ1v) is 13.7. The van der Waals surface area contributed by atoms with E-state index in [1.54, 1.807) is 0 Å². The Bertz CT molecular complexity index is 682. The zero-order valence-corrected chi connectivity index (χ0v) is 21.3. The Hall–Kier alpha value is -0.340. The second-order valence-electron chi connectivity index (χ2n) is 13.1. The van der Waals surface area contributed by atoms with E-state index < -0.39 is 5.60 Å². The Morgan fingerprint density at radius 2 is 1.74 bits per heavy atom. The van der Waals surface area contributed by atoms with E-state index in [4.69, 9.17) is 0 Å². The van der Waals surface area contributed by atoms with E-state index in [-0.39, 0.29) is 11.5 Å². The molecule has 0 aromatic heterocycles. The van der Waals surface area contributed by atoms with Crippen LogP contribution < -0.4 is 0 Å². The summed E-state index contributed by atoms with van der Waals surface area (Å²) < 4.78 is 0. The molecule has 178 valence electrons. The average Bonchev–Trinajstić information content (AvgIpc) is 3.06. The first-order valence-electron chi connectivity index (χ1n) is 13.7. The summed E-state index contributed by atoms with van der Waals surface area (Å²) in [5.74, 6) is 4.06. The summed E-state index contributed by atoms with van der Waals surface area (Å²) in [6.07, 6.45) is 15.0. The van der Waals surface area contributed by atoms with Crippen molar-refractivity contribution in [3.8, 4) is 0 Å². The molecule has 0 aromatic rings. The van der Waals surface area contributed by atoms with Crippen LogP contribution in [-0.4, -0.2) is 21.9 Å². The topological polar surface area (TPSA) is 40.5 Å². The number of aliphatic hydroxyl groups excluding tert-OH is 1. The Morgan fingerprint density at radius 1 is 1.00 bits per heavy atom. The normalized spacial score (nSPS) is 48.0. The van der Waals surface area contributed by atoms with Gasteiger partial charge < -0.3 is 10.2 Å². The maximum Gasteiger partial charge on any atom is 0.0861 e. The fourth-order valence-electron chi connectivity index (χ4n) is 9.18. The van der Waals surface area contributed by atoms with Gasteiger partial charge in [-0.15, -0.1) is 0 Å². The summed E-state index contributed by atoms with van der Waals surface area (Å²) in [5.41, 5.74) is 1.26. The van der Waals surface area contributed by atoms with Crippen LogP contribution in [0.5, 0.6) is 0 Å². The summed E-state index contributed by atoms with van der Waals surface area (Å²) in [5, 5.41) is 22.4. The fourth-order valence-corrected chi connectivity index (χ4v) is 9.18. The summed E-state index contributed by atoms with van der Waals surface area (Å²) in [6, 6.07) is 0. The summed E-state index contributed by atoms with van der Waals surface area (Å²) in [7, 11) is 0. The molecule has 4 rings (SSSR count). The molecule has 3 saturated carbocycles. The van der Waals surface area contributed by atoms with Crippen molar-refractivity contribution in [2.75, 3.05) is 0 Å². The van der Waals surface area contributed by atoms with Crippen LogP contribution in [-0.2, 0) is 0 Å². The van der Waals surface area contributed by atoms with Crippen LogP contribution in [0.15, 0.2) is 11.6 Å². The van der Waals surface area contributed by atoms with Gasteiger partial charge in [0.15, 0.2) is 0 Å². The van der Waals surface area contributed by atoms with Gasteiger partial charge in [-0.1, -0.05) is 72.5 Å². The van der Waals surface area contributed by atoms with Crippen molar-refractivity contribution in [1.82, 2.24) is 0 Å². The minimum Gasteiger partial charge on any atom is -0.393 e. The smallest absolute Gasteiger partial charge is 0.0861 e. The Balaban J connectivity index is 1.61. The zero-order chi connectivity index (χ0) is 22.6. The maximum absolute atomic E-state index is 12.0. The van der Waals surface area contributed by atoms with Crippen molar-refractivity contribution in [3.63, 3.8) is 0 Å². The predicted molar refractivity (Wildman–Crippen MR) is 130 cm³/mol. The third-order valence-corrected chi connectivity index (χ3v) is 11.0. The largest absolute Gasteiger partial charge is 0.393 e. The number of fused-ring (bicyclic) bond motifs is 5. The molecule has 2 heteroatoms. The van der Waals surface area contributed by atoms with Gasteiger partial charge in [0.05, 0.1) is 11.7 Å². The van der Waals surface area contributed by atoms with E-state index in [9.17, 15) is 10.2 Å². The van der Waals surface area contributed by atoms with Crippen LogP contribution in [0.1, 0.15) is 112 Å². The van der Waals surface area contributed by atoms with Crippen LogP contribution in [0.4, 0.5) is 0 Å². The molecule has 0 radical (unpaired) electrons. The van der Waals surface area contributed by atoms with Crippen molar-refractivity contribution in [1.29, 1.82) is 0 Å². The molecule has 0 spiro atoms. The van der Waals surface area contributed by atoms with E-state index in [0.717, 1.165) is 43.4 Å². The quantitative estimate of drug-likeness (QED) is 0.440. The lowest BCUT2D eigenvalue weighted by atomic mass is 9.43. The standard InChI is InChI=1S/C29H50O2/c1-7-29(31)18-21-17-22(30)13-15-27(21,5)25-14-16-28(6)23(11-12-24(28)26(25)29)20(4)10-8-9-19(2)3/h18-20,22-26,30-31H,7-17H2,1-6H3/t20-,22?,23-,24+,25+,26+,27+,28-,29?/m1/s1. The Kier molecular flexibility index (Phi) is 6.50. The third kappa shape index (κ3) is 3.86. The highest BCUT2D eigenvalue weighted by atomic mass is 16.3. The summed E-state index contributed by atoms with van der Waals surface area (Å²) in [4.78, 5) is 0. The van der Waals surface area contributed by atoms with Crippen molar-refractivity contribution >= 4 is 0 Å². The molecule has 0 saturated heterocycles. The van der Waals surface area contributed by atoms with Crippen molar-refractivity contribution in [2.45, 2.75) is 124 Å². The molecule has 31 heavy (non-hydrogen) atoms. The molecule has 4 aliphatic rings. The average molecular weight is 431 g/mol. The third-order valence-electron chi connectivity index (χ3n) is 11.0. The molecule has 0 heterocycles. The van der Waals surface area contributed by atoms with Gasteiger partial charge in [0, 0.05) is 0 Å². The van der Waals surface area contributed by atoms with E-state index >= 15 is 0 Å². The lowest BCUT2D eigenvalue weighted by molar-refractivity contribution is -0.141. The molecule has 2 N–H and O–H groups in total. The summed E-state index contributed by atoms with van der Waals surface area (Å²) >= 11 is 0. The van der Waals surface area contributed by atoms with Crippen LogP contribution in [0.2, 0.25) is 0 Å². The van der Waals surface area contributed by atoms with Gasteiger partial charge in [0.2, 0.25) is 0 Å². The highest BCUT2D eigenvalue weighted by Gasteiger charge is 2.64. The van der Waals surface area contributed by atoms with E-state index in [2.05, 4.69) is 47.6 Å². The van der Waals surface area contributed by atoms with Gasteiger partial charge in [-0.25, -0.2) is 0 Å². The van der Waals surface area contributed by atoms with Crippen LogP contribution in [0.3, 0.4) is 0 Å². The van der Waals surface area contributed by atoms with Crippen molar-refractivity contribution < 1.29 is 10.2 Å². The van der Waals surface area contributed by atoms with Gasteiger partial charge in [0.1, 0.15) is 0 Å². The zero-order valence-electron chi connectivity index (χ0n) is 21.3. The number of hydrogen-bond acceptors (Lipinski definition) is 2. The van der Waals surface area contributed by atoms with Gasteiger partial charge in [-0.3, -0.25) is 0 Å². The lowest BCUT2D eigenvalue weighted by Gasteiger charge is -2.62. The van der Waals surface area contributed by atoms with Crippen LogP contribution in [0, 0.1) is 46.3 Å². The maximum atomic E-state index is 12.0. The first kappa shape index (κ1) is 23.8. The molecule has 0 amide bonds. The molecule has 2 unspecified atom stereocenters. The van der Waals surface area contributed by atoms with Crippen LogP contribution >= 0.6 is 0 Å². The second kappa shape index (κ2) is 8.46. The molecular formula is C29H50O2. The lowest BCUT2D eigenvalue weighted by Crippen LogP contribution is -2.59. The Labute approximate surface area is 192 Å². The van der Waals surface area contributed by atoms with E-state index in [1.807, 2.05) is 0 Å².